The second-order valence-corrected chi connectivity index (χ2v) is 5.23. The summed E-state index contributed by atoms with van der Waals surface area (Å²) < 4.78 is 23.6. The highest BCUT2D eigenvalue weighted by molar-refractivity contribution is 5.97. The summed E-state index contributed by atoms with van der Waals surface area (Å²) in [5.41, 5.74) is 1.03. The van der Waals surface area contributed by atoms with Gasteiger partial charge in [-0.25, -0.2) is 9.18 Å². The van der Waals surface area contributed by atoms with Crippen LogP contribution in [0.3, 0.4) is 0 Å². The maximum absolute atomic E-state index is 13.5. The number of rotatable bonds is 5. The Kier molecular flexibility index (Phi) is 5.52. The summed E-state index contributed by atoms with van der Waals surface area (Å²) in [7, 11) is 1.54. The molecule has 1 amide bonds. The van der Waals surface area contributed by atoms with Crippen molar-refractivity contribution in [1.82, 2.24) is 0 Å². The van der Waals surface area contributed by atoms with Crippen LogP contribution in [0.4, 0.5) is 10.1 Å². The van der Waals surface area contributed by atoms with Gasteiger partial charge in [0, 0.05) is 5.69 Å². The molecule has 2 aromatic rings. The molecule has 0 fully saturated rings. The summed E-state index contributed by atoms with van der Waals surface area (Å²) in [6.45, 7) is 3.04. The molecule has 0 aliphatic carbocycles. The largest absolute Gasteiger partial charge is 0.497 e. The van der Waals surface area contributed by atoms with Gasteiger partial charge in [-0.3, -0.25) is 4.79 Å². The van der Waals surface area contributed by atoms with Crippen LogP contribution in [0.2, 0.25) is 0 Å². The van der Waals surface area contributed by atoms with Crippen molar-refractivity contribution in [3.8, 4) is 5.75 Å². The molecule has 126 valence electrons. The molecule has 0 aliphatic rings. The lowest BCUT2D eigenvalue weighted by molar-refractivity contribution is -0.123. The third kappa shape index (κ3) is 4.32. The summed E-state index contributed by atoms with van der Waals surface area (Å²) >= 11 is 0. The molecule has 0 saturated carbocycles. The van der Waals surface area contributed by atoms with Crippen molar-refractivity contribution in [3.05, 3.63) is 59.4 Å². The van der Waals surface area contributed by atoms with Gasteiger partial charge < -0.3 is 14.8 Å². The number of hydrogen-bond acceptors (Lipinski definition) is 4. The first kappa shape index (κ1) is 17.5. The molecule has 0 aliphatic heterocycles. The van der Waals surface area contributed by atoms with E-state index in [1.165, 1.54) is 19.1 Å². The fraction of sp³-hybridized carbons (Fsp3) is 0.222. The number of benzene rings is 2. The quantitative estimate of drug-likeness (QED) is 0.854. The molecule has 2 aromatic carbocycles. The van der Waals surface area contributed by atoms with Gasteiger partial charge in [0.2, 0.25) is 0 Å². The van der Waals surface area contributed by atoms with Crippen LogP contribution in [-0.4, -0.2) is 25.1 Å². The topological polar surface area (TPSA) is 64.6 Å². The molecule has 1 atom stereocenters. The SMILES string of the molecule is COc1ccc(NC(=O)[C@@H](C)OC(=O)c2ccc(C)c(F)c2)cc1. The van der Waals surface area contributed by atoms with Crippen LogP contribution in [0.1, 0.15) is 22.8 Å². The van der Waals surface area contributed by atoms with Gasteiger partial charge in [0.25, 0.3) is 5.91 Å². The first-order valence-electron chi connectivity index (χ1n) is 7.32. The summed E-state index contributed by atoms with van der Waals surface area (Å²) in [5.74, 6) is -1.08. The fourth-order valence-corrected chi connectivity index (χ4v) is 1.92. The van der Waals surface area contributed by atoms with Gasteiger partial charge in [-0.05, 0) is 55.8 Å². The molecule has 0 unspecified atom stereocenters. The minimum Gasteiger partial charge on any atom is -0.497 e. The molecule has 5 nitrogen and oxygen atoms in total. The number of halogens is 1. The highest BCUT2D eigenvalue weighted by Crippen LogP contribution is 2.16. The minimum atomic E-state index is -1.02. The lowest BCUT2D eigenvalue weighted by Gasteiger charge is -2.14. The van der Waals surface area contributed by atoms with Gasteiger partial charge in [-0.1, -0.05) is 6.07 Å². The van der Waals surface area contributed by atoms with E-state index in [9.17, 15) is 14.0 Å². The van der Waals surface area contributed by atoms with Gasteiger partial charge >= 0.3 is 5.97 Å². The number of carbonyl (C=O) groups excluding carboxylic acids is 2. The molecule has 0 spiro atoms. The molecule has 0 heterocycles. The summed E-state index contributed by atoms with van der Waals surface area (Å²) in [6.07, 6.45) is -1.02. The van der Waals surface area contributed by atoms with Crippen LogP contribution in [0.25, 0.3) is 0 Å². The van der Waals surface area contributed by atoms with E-state index in [2.05, 4.69) is 5.32 Å². The van der Waals surface area contributed by atoms with Gasteiger partial charge in [0.1, 0.15) is 11.6 Å². The van der Waals surface area contributed by atoms with Crippen LogP contribution < -0.4 is 10.1 Å². The van der Waals surface area contributed by atoms with Crippen molar-refractivity contribution < 1.29 is 23.5 Å². The zero-order chi connectivity index (χ0) is 17.7. The summed E-state index contributed by atoms with van der Waals surface area (Å²) in [4.78, 5) is 24.0. The Hall–Kier alpha value is -2.89. The summed E-state index contributed by atoms with van der Waals surface area (Å²) in [5, 5.41) is 2.62. The van der Waals surface area contributed by atoms with Gasteiger partial charge in [0.15, 0.2) is 6.10 Å². The van der Waals surface area contributed by atoms with Crippen molar-refractivity contribution in [3.63, 3.8) is 0 Å². The van der Waals surface area contributed by atoms with Gasteiger partial charge in [-0.15, -0.1) is 0 Å². The van der Waals surface area contributed by atoms with Crippen LogP contribution in [-0.2, 0) is 9.53 Å². The molecule has 0 bridgehead atoms. The number of esters is 1. The van der Waals surface area contributed by atoms with E-state index < -0.39 is 23.8 Å². The molecule has 24 heavy (non-hydrogen) atoms. The highest BCUT2D eigenvalue weighted by atomic mass is 19.1. The predicted octanol–water partition coefficient (Wildman–Crippen LogP) is 3.33. The van der Waals surface area contributed by atoms with Crippen molar-refractivity contribution in [2.75, 3.05) is 12.4 Å². The maximum Gasteiger partial charge on any atom is 0.339 e. The van der Waals surface area contributed by atoms with Crippen molar-refractivity contribution >= 4 is 17.6 Å². The smallest absolute Gasteiger partial charge is 0.339 e. The van der Waals surface area contributed by atoms with E-state index in [1.807, 2.05) is 0 Å². The Morgan fingerprint density at radius 1 is 1.12 bits per heavy atom. The van der Waals surface area contributed by atoms with E-state index in [-0.39, 0.29) is 5.56 Å². The average Bonchev–Trinajstić information content (AvgIpc) is 2.57. The van der Waals surface area contributed by atoms with Crippen LogP contribution in [0, 0.1) is 12.7 Å². The standard InChI is InChI=1S/C18H18FNO4/c1-11-4-5-13(10-16(11)19)18(22)24-12(2)17(21)20-14-6-8-15(23-3)9-7-14/h4-10,12H,1-3H3,(H,20,21)/t12-/m1/s1. The third-order valence-electron chi connectivity index (χ3n) is 3.42. The van der Waals surface area contributed by atoms with E-state index >= 15 is 0 Å². The van der Waals surface area contributed by atoms with Crippen molar-refractivity contribution in [1.29, 1.82) is 0 Å². The number of hydrogen-bond donors (Lipinski definition) is 1. The molecular formula is C18H18FNO4. The molecule has 0 aromatic heterocycles. The molecule has 1 N–H and O–H groups in total. The second-order valence-electron chi connectivity index (χ2n) is 5.23. The van der Waals surface area contributed by atoms with Crippen LogP contribution >= 0.6 is 0 Å². The molecule has 0 saturated heterocycles. The molecule has 0 radical (unpaired) electrons. The van der Waals surface area contributed by atoms with Crippen molar-refractivity contribution in [2.45, 2.75) is 20.0 Å². The second kappa shape index (κ2) is 7.59. The predicted molar refractivity (Wildman–Crippen MR) is 87.6 cm³/mol. The molecular weight excluding hydrogens is 313 g/mol. The Morgan fingerprint density at radius 2 is 1.79 bits per heavy atom. The molecule has 6 heteroatoms. The molecule has 2 rings (SSSR count). The minimum absolute atomic E-state index is 0.0576. The monoisotopic (exact) mass is 331 g/mol. The number of anilines is 1. The number of amides is 1. The van der Waals surface area contributed by atoms with E-state index in [1.54, 1.807) is 38.3 Å². The third-order valence-corrected chi connectivity index (χ3v) is 3.42. The maximum atomic E-state index is 13.5. The Balaban J connectivity index is 1.97. The fourth-order valence-electron chi connectivity index (χ4n) is 1.92. The zero-order valence-corrected chi connectivity index (χ0v) is 13.6. The van der Waals surface area contributed by atoms with Crippen molar-refractivity contribution in [2.24, 2.45) is 0 Å². The highest BCUT2D eigenvalue weighted by Gasteiger charge is 2.19. The number of carbonyl (C=O) groups is 2. The Labute approximate surface area is 139 Å². The van der Waals surface area contributed by atoms with Gasteiger partial charge in [0.05, 0.1) is 12.7 Å². The zero-order valence-electron chi connectivity index (χ0n) is 13.6. The first-order chi connectivity index (χ1) is 11.4. The Morgan fingerprint density at radius 3 is 2.38 bits per heavy atom. The van der Waals surface area contributed by atoms with E-state index in [4.69, 9.17) is 9.47 Å². The lowest BCUT2D eigenvalue weighted by Crippen LogP contribution is -2.30. The Bertz CT molecular complexity index is 743. The number of ether oxygens (including phenoxy) is 2. The number of nitrogens with one attached hydrogen (secondary N) is 1. The lowest BCUT2D eigenvalue weighted by atomic mass is 10.1. The van der Waals surface area contributed by atoms with E-state index in [0.717, 1.165) is 6.07 Å². The average molecular weight is 331 g/mol. The number of aryl methyl sites for hydroxylation is 1. The normalized spacial score (nSPS) is 11.5. The summed E-state index contributed by atoms with van der Waals surface area (Å²) in [6, 6.07) is 10.7. The van der Waals surface area contributed by atoms with E-state index in [0.29, 0.717) is 17.0 Å². The van der Waals surface area contributed by atoms with Crippen LogP contribution in [0.5, 0.6) is 5.75 Å². The van der Waals surface area contributed by atoms with Gasteiger partial charge in [-0.2, -0.15) is 0 Å². The number of methoxy groups -OCH3 is 1. The van der Waals surface area contributed by atoms with Crippen LogP contribution in [0.15, 0.2) is 42.5 Å². The first-order valence-corrected chi connectivity index (χ1v) is 7.32.